The van der Waals surface area contributed by atoms with Crippen LogP contribution in [0.3, 0.4) is 0 Å². The Bertz CT molecular complexity index is 354. The van der Waals surface area contributed by atoms with Crippen LogP contribution in [0.4, 0.5) is 10.1 Å². The monoisotopic (exact) mass is 265 g/mol. The van der Waals surface area contributed by atoms with Gasteiger partial charge in [0.25, 0.3) is 0 Å². The van der Waals surface area contributed by atoms with E-state index in [-0.39, 0.29) is 10.0 Å². The van der Waals surface area contributed by atoms with E-state index in [0.29, 0.717) is 18.7 Å². The van der Waals surface area contributed by atoms with Crippen LogP contribution in [0.5, 0.6) is 0 Å². The lowest BCUT2D eigenvalue weighted by Crippen LogP contribution is -2.22. The molecule has 0 aliphatic heterocycles. The molecule has 0 saturated carbocycles. The molecular weight excluding hydrogens is 252 g/mol. The summed E-state index contributed by atoms with van der Waals surface area (Å²) in [4.78, 5) is 0. The molecule has 1 aromatic carbocycles. The van der Waals surface area contributed by atoms with Crippen molar-refractivity contribution >= 4 is 28.9 Å². The Hall–Kier alpha value is -0.510. The first-order valence-corrected chi connectivity index (χ1v) is 5.66. The van der Waals surface area contributed by atoms with Crippen molar-refractivity contribution in [1.29, 1.82) is 0 Å². The highest BCUT2D eigenvalue weighted by Gasteiger charge is 2.12. The zero-order valence-corrected chi connectivity index (χ0v) is 10.7. The van der Waals surface area contributed by atoms with Gasteiger partial charge in [-0.15, -0.1) is 0 Å². The van der Waals surface area contributed by atoms with Crippen molar-refractivity contribution in [2.75, 3.05) is 11.9 Å². The number of hydrogen-bond acceptors (Lipinski definition) is 2. The molecule has 0 aromatic heterocycles. The van der Waals surface area contributed by atoms with Crippen LogP contribution in [-0.4, -0.2) is 17.3 Å². The fourth-order valence-electron chi connectivity index (χ4n) is 1.17. The fraction of sp³-hybridized carbons (Fsp3) is 0.455. The van der Waals surface area contributed by atoms with E-state index in [9.17, 15) is 9.50 Å². The van der Waals surface area contributed by atoms with Crippen molar-refractivity contribution in [3.05, 3.63) is 28.0 Å². The van der Waals surface area contributed by atoms with Gasteiger partial charge in [0.05, 0.1) is 15.6 Å². The van der Waals surface area contributed by atoms with E-state index < -0.39 is 11.4 Å². The number of hydrogen-bond donors (Lipinski definition) is 2. The fourth-order valence-corrected chi connectivity index (χ4v) is 1.66. The van der Waals surface area contributed by atoms with E-state index >= 15 is 0 Å². The standard InChI is InChI=1S/C11H14Cl2FNO/c1-11(2,16)3-4-15-7-5-8(12)10(14)9(13)6-7/h5-6,15-16H,3-4H2,1-2H3. The van der Waals surface area contributed by atoms with Gasteiger partial charge in [-0.3, -0.25) is 0 Å². The number of aliphatic hydroxyl groups is 1. The van der Waals surface area contributed by atoms with E-state index in [0.717, 1.165) is 0 Å². The zero-order valence-electron chi connectivity index (χ0n) is 9.15. The topological polar surface area (TPSA) is 32.3 Å². The van der Waals surface area contributed by atoms with Crippen LogP contribution >= 0.6 is 23.2 Å². The molecule has 0 heterocycles. The van der Waals surface area contributed by atoms with E-state index in [4.69, 9.17) is 23.2 Å². The molecule has 0 fully saturated rings. The van der Waals surface area contributed by atoms with Gasteiger partial charge in [0, 0.05) is 12.2 Å². The number of benzene rings is 1. The van der Waals surface area contributed by atoms with Crippen molar-refractivity contribution < 1.29 is 9.50 Å². The maximum atomic E-state index is 13.1. The average molecular weight is 266 g/mol. The molecular formula is C11H14Cl2FNO. The summed E-state index contributed by atoms with van der Waals surface area (Å²) in [6.07, 6.45) is 0.569. The Morgan fingerprint density at radius 3 is 2.25 bits per heavy atom. The number of nitrogens with one attached hydrogen (secondary N) is 1. The SMILES string of the molecule is CC(C)(O)CCNc1cc(Cl)c(F)c(Cl)c1. The van der Waals surface area contributed by atoms with Gasteiger partial charge in [-0.05, 0) is 32.4 Å². The highest BCUT2D eigenvalue weighted by atomic mass is 35.5. The van der Waals surface area contributed by atoms with Gasteiger partial charge in [0.15, 0.2) is 5.82 Å². The first kappa shape index (κ1) is 13.6. The van der Waals surface area contributed by atoms with E-state index in [1.54, 1.807) is 13.8 Å². The van der Waals surface area contributed by atoms with Crippen LogP contribution in [0, 0.1) is 5.82 Å². The molecule has 0 aliphatic carbocycles. The zero-order chi connectivity index (χ0) is 12.3. The molecule has 0 atom stereocenters. The molecule has 5 heteroatoms. The second-order valence-electron chi connectivity index (χ2n) is 4.24. The molecule has 0 saturated heterocycles. The van der Waals surface area contributed by atoms with Gasteiger partial charge >= 0.3 is 0 Å². The largest absolute Gasteiger partial charge is 0.390 e. The molecule has 0 spiro atoms. The van der Waals surface area contributed by atoms with Crippen LogP contribution in [0.2, 0.25) is 10.0 Å². The summed E-state index contributed by atoms with van der Waals surface area (Å²) in [6.45, 7) is 4.00. The van der Waals surface area contributed by atoms with Crippen molar-refractivity contribution in [3.8, 4) is 0 Å². The molecule has 90 valence electrons. The maximum absolute atomic E-state index is 13.1. The maximum Gasteiger partial charge on any atom is 0.160 e. The van der Waals surface area contributed by atoms with Gasteiger partial charge < -0.3 is 10.4 Å². The Morgan fingerprint density at radius 2 is 1.81 bits per heavy atom. The van der Waals surface area contributed by atoms with Gasteiger partial charge in [-0.1, -0.05) is 23.2 Å². The summed E-state index contributed by atoms with van der Waals surface area (Å²) >= 11 is 11.3. The molecule has 1 rings (SSSR count). The summed E-state index contributed by atoms with van der Waals surface area (Å²) in [5.74, 6) is -0.614. The summed E-state index contributed by atoms with van der Waals surface area (Å²) in [6, 6.07) is 2.93. The van der Waals surface area contributed by atoms with Crippen molar-refractivity contribution in [3.63, 3.8) is 0 Å². The Kier molecular flexibility index (Phi) is 4.42. The van der Waals surface area contributed by atoms with Crippen LogP contribution in [-0.2, 0) is 0 Å². The van der Waals surface area contributed by atoms with Crippen LogP contribution in [0.15, 0.2) is 12.1 Å². The second-order valence-corrected chi connectivity index (χ2v) is 5.06. The van der Waals surface area contributed by atoms with Crippen LogP contribution in [0.1, 0.15) is 20.3 Å². The highest BCUT2D eigenvalue weighted by Crippen LogP contribution is 2.27. The lowest BCUT2D eigenvalue weighted by Gasteiger charge is -2.17. The van der Waals surface area contributed by atoms with Crippen LogP contribution in [0.25, 0.3) is 0 Å². The minimum absolute atomic E-state index is 0.0155. The predicted octanol–water partition coefficient (Wildman–Crippen LogP) is 3.71. The van der Waals surface area contributed by atoms with Crippen molar-refractivity contribution in [1.82, 2.24) is 0 Å². The normalized spacial score (nSPS) is 11.6. The van der Waals surface area contributed by atoms with Gasteiger partial charge in [-0.25, -0.2) is 4.39 Å². The number of halogens is 3. The summed E-state index contributed by atoms with van der Waals surface area (Å²) in [5, 5.41) is 12.5. The number of anilines is 1. The third-order valence-electron chi connectivity index (χ3n) is 2.05. The third-order valence-corrected chi connectivity index (χ3v) is 2.60. The minimum atomic E-state index is -0.735. The smallest absolute Gasteiger partial charge is 0.160 e. The molecule has 2 N–H and O–H groups in total. The van der Waals surface area contributed by atoms with E-state index in [2.05, 4.69) is 5.32 Å². The van der Waals surface area contributed by atoms with Crippen LogP contribution < -0.4 is 5.32 Å². The summed E-state index contributed by atoms with van der Waals surface area (Å²) in [5.41, 5.74) is -0.0960. The van der Waals surface area contributed by atoms with E-state index in [1.165, 1.54) is 12.1 Å². The highest BCUT2D eigenvalue weighted by molar-refractivity contribution is 6.35. The van der Waals surface area contributed by atoms with Crippen molar-refractivity contribution in [2.45, 2.75) is 25.9 Å². The molecule has 0 aliphatic rings. The quantitative estimate of drug-likeness (QED) is 0.814. The molecule has 1 aromatic rings. The minimum Gasteiger partial charge on any atom is -0.390 e. The summed E-state index contributed by atoms with van der Waals surface area (Å²) < 4.78 is 13.1. The second kappa shape index (κ2) is 5.21. The molecule has 0 radical (unpaired) electrons. The van der Waals surface area contributed by atoms with Gasteiger partial charge in [0.1, 0.15) is 0 Å². The lowest BCUT2D eigenvalue weighted by atomic mass is 10.1. The summed E-state index contributed by atoms with van der Waals surface area (Å²) in [7, 11) is 0. The molecule has 16 heavy (non-hydrogen) atoms. The average Bonchev–Trinajstić information content (AvgIpc) is 2.12. The number of rotatable bonds is 4. The Labute approximate surface area is 104 Å². The van der Waals surface area contributed by atoms with E-state index in [1.807, 2.05) is 0 Å². The third kappa shape index (κ3) is 4.16. The first-order chi connectivity index (χ1) is 7.29. The molecule has 2 nitrogen and oxygen atoms in total. The lowest BCUT2D eigenvalue weighted by molar-refractivity contribution is 0.0749. The molecule has 0 amide bonds. The van der Waals surface area contributed by atoms with Gasteiger partial charge in [-0.2, -0.15) is 0 Å². The first-order valence-electron chi connectivity index (χ1n) is 4.90. The van der Waals surface area contributed by atoms with Gasteiger partial charge in [0.2, 0.25) is 0 Å². The predicted molar refractivity (Wildman–Crippen MR) is 65.8 cm³/mol. The van der Waals surface area contributed by atoms with Crippen molar-refractivity contribution in [2.24, 2.45) is 0 Å². The Balaban J connectivity index is 2.62. The molecule has 0 unspecified atom stereocenters. The molecule has 0 bridgehead atoms. The Morgan fingerprint density at radius 1 is 1.31 bits per heavy atom.